The predicted molar refractivity (Wildman–Crippen MR) is 82.8 cm³/mol. The number of ketones is 1. The van der Waals surface area contributed by atoms with E-state index in [1.807, 2.05) is 12.1 Å². The molecule has 0 atom stereocenters. The lowest BCUT2D eigenvalue weighted by atomic mass is 9.95. The van der Waals surface area contributed by atoms with Crippen molar-refractivity contribution in [1.29, 1.82) is 0 Å². The Morgan fingerprint density at radius 2 is 1.90 bits per heavy atom. The molecule has 0 aliphatic heterocycles. The van der Waals surface area contributed by atoms with Gasteiger partial charge in [-0.1, -0.05) is 35.9 Å². The largest absolute Gasteiger partial charge is 0.345 e. The Balaban J connectivity index is 1.73. The Bertz CT molecular complexity index is 828. The topological polar surface area (TPSA) is 45.8 Å². The van der Waals surface area contributed by atoms with Gasteiger partial charge in [-0.05, 0) is 30.0 Å². The molecule has 0 saturated carbocycles. The molecule has 4 heteroatoms. The van der Waals surface area contributed by atoms with Gasteiger partial charge in [-0.25, -0.2) is 4.98 Å². The third-order valence-corrected chi connectivity index (χ3v) is 4.52. The minimum Gasteiger partial charge on any atom is -0.345 e. The van der Waals surface area contributed by atoms with Crippen LogP contribution in [0.3, 0.4) is 0 Å². The number of H-pyrrole nitrogens is 1. The van der Waals surface area contributed by atoms with Crippen molar-refractivity contribution in [3.05, 3.63) is 64.4 Å². The zero-order valence-electron chi connectivity index (χ0n) is 11.3. The Hall–Kier alpha value is -2.13. The van der Waals surface area contributed by atoms with Crippen LogP contribution in [-0.4, -0.2) is 15.8 Å². The van der Waals surface area contributed by atoms with Crippen LogP contribution in [-0.2, 0) is 12.8 Å². The predicted octanol–water partition coefficient (Wildman–Crippen LogP) is 3.81. The fourth-order valence-electron chi connectivity index (χ4n) is 3.18. The van der Waals surface area contributed by atoms with Crippen LogP contribution in [0.2, 0.25) is 5.02 Å². The fourth-order valence-corrected chi connectivity index (χ4v) is 3.42. The van der Waals surface area contributed by atoms with Crippen LogP contribution < -0.4 is 0 Å². The van der Waals surface area contributed by atoms with Crippen molar-refractivity contribution in [3.63, 3.8) is 0 Å². The maximum Gasteiger partial charge on any atom is 0.168 e. The van der Waals surface area contributed by atoms with Crippen molar-refractivity contribution in [2.24, 2.45) is 5.92 Å². The van der Waals surface area contributed by atoms with Gasteiger partial charge in [0.2, 0.25) is 0 Å². The van der Waals surface area contributed by atoms with Crippen LogP contribution in [0.25, 0.3) is 11.0 Å². The monoisotopic (exact) mass is 296 g/mol. The summed E-state index contributed by atoms with van der Waals surface area (Å²) >= 11 is 6.23. The number of carbonyl (C=O) groups excluding carboxylic acids is 1. The first-order valence-corrected chi connectivity index (χ1v) is 7.34. The second-order valence-corrected chi connectivity index (χ2v) is 5.86. The third-order valence-electron chi connectivity index (χ3n) is 4.21. The third kappa shape index (κ3) is 1.96. The van der Waals surface area contributed by atoms with E-state index in [9.17, 15) is 4.79 Å². The summed E-state index contributed by atoms with van der Waals surface area (Å²) in [7, 11) is 0. The summed E-state index contributed by atoms with van der Waals surface area (Å²) in [5.74, 6) is 0.144. The van der Waals surface area contributed by atoms with E-state index in [0.717, 1.165) is 18.2 Å². The maximum atomic E-state index is 12.8. The summed E-state index contributed by atoms with van der Waals surface area (Å²) in [5.41, 5.74) is 3.88. The number of rotatable bonds is 2. The average Bonchev–Trinajstić information content (AvgIpc) is 3.11. The van der Waals surface area contributed by atoms with E-state index in [4.69, 9.17) is 11.6 Å². The smallest absolute Gasteiger partial charge is 0.168 e. The molecule has 21 heavy (non-hydrogen) atoms. The number of hydrogen-bond donors (Lipinski definition) is 1. The van der Waals surface area contributed by atoms with Gasteiger partial charge in [0, 0.05) is 29.3 Å². The van der Waals surface area contributed by atoms with E-state index in [1.165, 1.54) is 11.1 Å². The van der Waals surface area contributed by atoms with Crippen LogP contribution in [0.5, 0.6) is 0 Å². The molecule has 0 radical (unpaired) electrons. The summed E-state index contributed by atoms with van der Waals surface area (Å²) < 4.78 is 0. The molecule has 1 aliphatic carbocycles. The molecule has 104 valence electrons. The van der Waals surface area contributed by atoms with E-state index in [-0.39, 0.29) is 11.7 Å². The molecule has 0 fully saturated rings. The van der Waals surface area contributed by atoms with Crippen LogP contribution >= 0.6 is 11.6 Å². The van der Waals surface area contributed by atoms with Crippen LogP contribution in [0, 0.1) is 5.92 Å². The van der Waals surface area contributed by atoms with Crippen molar-refractivity contribution >= 4 is 28.4 Å². The standard InChI is InChI=1S/C17H13ClN2O/c18-14-5-6-19-17-15(14)13(9-20-17)16(21)12-7-10-3-1-2-4-11(10)8-12/h1-6,9,12H,7-8H2,(H,19,20). The number of fused-ring (bicyclic) bond motifs is 2. The van der Waals surface area contributed by atoms with Crippen molar-refractivity contribution < 1.29 is 4.79 Å². The van der Waals surface area contributed by atoms with Gasteiger partial charge in [0.25, 0.3) is 0 Å². The summed E-state index contributed by atoms with van der Waals surface area (Å²) in [5, 5.41) is 1.31. The van der Waals surface area contributed by atoms with Gasteiger partial charge in [0.15, 0.2) is 5.78 Å². The first-order valence-electron chi connectivity index (χ1n) is 6.96. The zero-order valence-corrected chi connectivity index (χ0v) is 12.0. The molecule has 4 rings (SSSR count). The first kappa shape index (κ1) is 12.6. The van der Waals surface area contributed by atoms with Crippen LogP contribution in [0.4, 0.5) is 0 Å². The van der Waals surface area contributed by atoms with Gasteiger partial charge in [0.05, 0.1) is 5.02 Å². The van der Waals surface area contributed by atoms with E-state index in [2.05, 4.69) is 22.1 Å². The molecule has 1 N–H and O–H groups in total. The highest BCUT2D eigenvalue weighted by atomic mass is 35.5. The summed E-state index contributed by atoms with van der Waals surface area (Å²) in [6, 6.07) is 9.98. The molecule has 0 bridgehead atoms. The number of halogens is 1. The number of Topliss-reactive ketones (excluding diaryl/α,β-unsaturated/α-hetero) is 1. The highest BCUT2D eigenvalue weighted by Crippen LogP contribution is 2.32. The minimum atomic E-state index is -0.00215. The van der Waals surface area contributed by atoms with Crippen molar-refractivity contribution in [2.45, 2.75) is 12.8 Å². The van der Waals surface area contributed by atoms with Gasteiger partial charge < -0.3 is 4.98 Å². The van der Waals surface area contributed by atoms with Gasteiger partial charge in [-0.2, -0.15) is 0 Å². The summed E-state index contributed by atoms with van der Waals surface area (Å²) in [4.78, 5) is 20.1. The highest BCUT2D eigenvalue weighted by molar-refractivity contribution is 6.36. The molecule has 0 amide bonds. The quantitative estimate of drug-likeness (QED) is 0.731. The molecule has 3 nitrogen and oxygen atoms in total. The normalized spacial score (nSPS) is 14.5. The number of aromatic nitrogens is 2. The Kier molecular flexibility index (Phi) is 2.82. The molecule has 0 unspecified atom stereocenters. The zero-order chi connectivity index (χ0) is 14.4. The van der Waals surface area contributed by atoms with E-state index < -0.39 is 0 Å². The molecular weight excluding hydrogens is 284 g/mol. The Labute approximate surface area is 127 Å². The van der Waals surface area contributed by atoms with Gasteiger partial charge in [-0.3, -0.25) is 4.79 Å². The lowest BCUT2D eigenvalue weighted by Crippen LogP contribution is -2.14. The van der Waals surface area contributed by atoms with E-state index >= 15 is 0 Å². The van der Waals surface area contributed by atoms with Gasteiger partial charge in [0.1, 0.15) is 5.65 Å². The van der Waals surface area contributed by atoms with Gasteiger partial charge >= 0.3 is 0 Å². The Morgan fingerprint density at radius 3 is 2.62 bits per heavy atom. The van der Waals surface area contributed by atoms with E-state index in [0.29, 0.717) is 16.2 Å². The lowest BCUT2D eigenvalue weighted by Gasteiger charge is -2.07. The maximum absolute atomic E-state index is 12.8. The average molecular weight is 297 g/mol. The van der Waals surface area contributed by atoms with Gasteiger partial charge in [-0.15, -0.1) is 0 Å². The van der Waals surface area contributed by atoms with Crippen LogP contribution in [0.1, 0.15) is 21.5 Å². The minimum absolute atomic E-state index is 0.00215. The van der Waals surface area contributed by atoms with Crippen LogP contribution in [0.15, 0.2) is 42.7 Å². The number of nitrogens with zero attached hydrogens (tertiary/aromatic N) is 1. The van der Waals surface area contributed by atoms with Crippen molar-refractivity contribution in [1.82, 2.24) is 9.97 Å². The van der Waals surface area contributed by atoms with E-state index in [1.54, 1.807) is 18.5 Å². The second-order valence-electron chi connectivity index (χ2n) is 5.46. The molecule has 3 aromatic rings. The highest BCUT2D eigenvalue weighted by Gasteiger charge is 2.29. The molecule has 1 aliphatic rings. The number of carbonyl (C=O) groups is 1. The molecule has 1 aromatic carbocycles. The summed E-state index contributed by atoms with van der Waals surface area (Å²) in [6.07, 6.45) is 4.98. The number of pyridine rings is 1. The summed E-state index contributed by atoms with van der Waals surface area (Å²) in [6.45, 7) is 0. The number of benzene rings is 1. The SMILES string of the molecule is O=C(c1c[nH]c2nccc(Cl)c12)C1Cc2ccccc2C1. The van der Waals surface area contributed by atoms with Crippen molar-refractivity contribution in [3.8, 4) is 0 Å². The molecule has 2 aromatic heterocycles. The molecule has 2 heterocycles. The number of hydrogen-bond acceptors (Lipinski definition) is 2. The number of aromatic amines is 1. The molecule has 0 spiro atoms. The lowest BCUT2D eigenvalue weighted by molar-refractivity contribution is 0.0926. The molecule has 0 saturated heterocycles. The Morgan fingerprint density at radius 1 is 1.19 bits per heavy atom. The van der Waals surface area contributed by atoms with Crippen molar-refractivity contribution in [2.75, 3.05) is 0 Å². The number of nitrogens with one attached hydrogen (secondary N) is 1. The first-order chi connectivity index (χ1) is 10.2. The molecular formula is C17H13ClN2O. The fraction of sp³-hybridized carbons (Fsp3) is 0.176. The second kappa shape index (κ2) is 4.71.